The Balaban J connectivity index is 1.35. The minimum Gasteiger partial charge on any atom is -0.326 e. The quantitative estimate of drug-likeness (QED) is 0.542. The molecule has 0 atom stereocenters. The number of nitrogens with zero attached hydrogens (tertiary/aromatic N) is 1. The summed E-state index contributed by atoms with van der Waals surface area (Å²) in [4.78, 5) is 16.0. The number of anilines is 1. The molecule has 2 heterocycles. The molecule has 0 spiro atoms. The number of hydrogen-bond acceptors (Lipinski definition) is 2. The molecule has 0 radical (unpaired) electrons. The maximum Gasteiger partial charge on any atom is 0.228 e. The smallest absolute Gasteiger partial charge is 0.228 e. The molecule has 1 N–H and O–H groups in total. The molecule has 28 heavy (non-hydrogen) atoms. The van der Waals surface area contributed by atoms with Crippen molar-refractivity contribution in [3.8, 4) is 11.1 Å². The maximum atomic E-state index is 11.6. The van der Waals surface area contributed by atoms with Crippen LogP contribution in [0.3, 0.4) is 0 Å². The van der Waals surface area contributed by atoms with Gasteiger partial charge in [0.2, 0.25) is 5.91 Å². The Bertz CT molecular complexity index is 1200. The van der Waals surface area contributed by atoms with E-state index in [0.717, 1.165) is 35.2 Å². The Hall–Kier alpha value is -3.46. The topological polar surface area (TPSA) is 42.0 Å². The standard InChI is InChI=1S/C25H20N2O/c28-25-14-22-13-21(9-10-24(22)27-25)23-12-18(15-26-16-23)6-5-17-7-8-19-3-1-2-4-20(19)11-17/h1-4,7-13,15-16H,5-6,14H2,(H,27,28). The molecule has 3 heteroatoms. The molecule has 0 saturated heterocycles. The van der Waals surface area contributed by atoms with Crippen LogP contribution in [0.15, 0.2) is 79.1 Å². The lowest BCUT2D eigenvalue weighted by Gasteiger charge is -2.08. The van der Waals surface area contributed by atoms with Gasteiger partial charge >= 0.3 is 0 Å². The molecule has 1 amide bonds. The summed E-state index contributed by atoms with van der Waals surface area (Å²) in [5.74, 6) is 0.0643. The summed E-state index contributed by atoms with van der Waals surface area (Å²) in [5, 5.41) is 5.45. The molecule has 5 rings (SSSR count). The minimum atomic E-state index is 0.0643. The van der Waals surface area contributed by atoms with Gasteiger partial charge < -0.3 is 5.32 Å². The molecule has 136 valence electrons. The zero-order valence-electron chi connectivity index (χ0n) is 15.5. The molecule has 1 aliphatic heterocycles. The number of pyridine rings is 1. The fraction of sp³-hybridized carbons (Fsp3) is 0.120. The number of carbonyl (C=O) groups excluding carboxylic acids is 1. The van der Waals surface area contributed by atoms with Crippen molar-refractivity contribution in [2.24, 2.45) is 0 Å². The average molecular weight is 364 g/mol. The van der Waals surface area contributed by atoms with E-state index in [1.165, 1.54) is 21.9 Å². The van der Waals surface area contributed by atoms with Crippen LogP contribution in [0, 0.1) is 0 Å². The van der Waals surface area contributed by atoms with E-state index in [4.69, 9.17) is 0 Å². The van der Waals surface area contributed by atoms with Gasteiger partial charge in [-0.05, 0) is 64.1 Å². The van der Waals surface area contributed by atoms with E-state index in [0.29, 0.717) is 6.42 Å². The largest absolute Gasteiger partial charge is 0.326 e. The summed E-state index contributed by atoms with van der Waals surface area (Å²) in [7, 11) is 0. The van der Waals surface area contributed by atoms with Crippen molar-refractivity contribution in [3.63, 3.8) is 0 Å². The van der Waals surface area contributed by atoms with Crippen LogP contribution in [0.1, 0.15) is 16.7 Å². The van der Waals surface area contributed by atoms with Gasteiger partial charge in [0.25, 0.3) is 0 Å². The third kappa shape index (κ3) is 3.27. The fourth-order valence-electron chi connectivity index (χ4n) is 3.87. The van der Waals surface area contributed by atoms with Crippen molar-refractivity contribution < 1.29 is 4.79 Å². The first-order chi connectivity index (χ1) is 13.7. The predicted molar refractivity (Wildman–Crippen MR) is 113 cm³/mol. The molecule has 1 aromatic heterocycles. The molecule has 4 aromatic rings. The van der Waals surface area contributed by atoms with Crippen LogP contribution in [0.25, 0.3) is 21.9 Å². The third-order valence-corrected chi connectivity index (χ3v) is 5.37. The highest BCUT2D eigenvalue weighted by molar-refractivity contribution is 5.99. The van der Waals surface area contributed by atoms with Gasteiger partial charge in [0, 0.05) is 23.6 Å². The number of amides is 1. The highest BCUT2D eigenvalue weighted by atomic mass is 16.1. The van der Waals surface area contributed by atoms with E-state index in [1.807, 2.05) is 18.5 Å². The zero-order valence-corrected chi connectivity index (χ0v) is 15.5. The number of benzene rings is 3. The minimum absolute atomic E-state index is 0.0643. The number of nitrogens with one attached hydrogen (secondary N) is 1. The number of carbonyl (C=O) groups is 1. The van der Waals surface area contributed by atoms with Crippen molar-refractivity contribution in [2.45, 2.75) is 19.3 Å². The number of hydrogen-bond donors (Lipinski definition) is 1. The van der Waals surface area contributed by atoms with E-state index in [2.05, 4.69) is 71.0 Å². The molecule has 0 unspecified atom stereocenters. The molecular formula is C25H20N2O. The van der Waals surface area contributed by atoms with Crippen molar-refractivity contribution in [1.82, 2.24) is 4.98 Å². The second-order valence-corrected chi connectivity index (χ2v) is 7.36. The Morgan fingerprint density at radius 3 is 2.57 bits per heavy atom. The second kappa shape index (κ2) is 6.93. The van der Waals surface area contributed by atoms with Crippen LogP contribution in [-0.2, 0) is 24.1 Å². The SMILES string of the molecule is O=C1Cc2cc(-c3cncc(CCc4ccc5ccccc5c4)c3)ccc2N1. The molecule has 3 nitrogen and oxygen atoms in total. The summed E-state index contributed by atoms with van der Waals surface area (Å²) in [6, 6.07) is 23.5. The predicted octanol–water partition coefficient (Wildman–Crippen LogP) is 5.18. The van der Waals surface area contributed by atoms with Crippen molar-refractivity contribution >= 4 is 22.4 Å². The van der Waals surface area contributed by atoms with Crippen LogP contribution in [0.2, 0.25) is 0 Å². The van der Waals surface area contributed by atoms with Crippen molar-refractivity contribution in [1.29, 1.82) is 0 Å². The van der Waals surface area contributed by atoms with Crippen LogP contribution >= 0.6 is 0 Å². The lowest BCUT2D eigenvalue weighted by atomic mass is 9.99. The summed E-state index contributed by atoms with van der Waals surface area (Å²) in [6.45, 7) is 0. The van der Waals surface area contributed by atoms with E-state index < -0.39 is 0 Å². The van der Waals surface area contributed by atoms with Gasteiger partial charge in [0.05, 0.1) is 6.42 Å². The van der Waals surface area contributed by atoms with Gasteiger partial charge in [-0.25, -0.2) is 0 Å². The maximum absolute atomic E-state index is 11.6. The highest BCUT2D eigenvalue weighted by Crippen LogP contribution is 2.29. The first-order valence-corrected chi connectivity index (χ1v) is 9.59. The van der Waals surface area contributed by atoms with Gasteiger partial charge in [0.1, 0.15) is 0 Å². The van der Waals surface area contributed by atoms with E-state index in [-0.39, 0.29) is 5.91 Å². The molecule has 0 fully saturated rings. The molecule has 0 aliphatic carbocycles. The Labute approximate surface area is 164 Å². The summed E-state index contributed by atoms with van der Waals surface area (Å²) < 4.78 is 0. The number of aromatic nitrogens is 1. The van der Waals surface area contributed by atoms with Gasteiger partial charge in [-0.15, -0.1) is 0 Å². The van der Waals surface area contributed by atoms with Crippen molar-refractivity contribution in [2.75, 3.05) is 5.32 Å². The van der Waals surface area contributed by atoms with Gasteiger partial charge in [-0.2, -0.15) is 0 Å². The fourth-order valence-corrected chi connectivity index (χ4v) is 3.87. The molecule has 3 aromatic carbocycles. The summed E-state index contributed by atoms with van der Waals surface area (Å²) >= 11 is 0. The van der Waals surface area contributed by atoms with Gasteiger partial charge in [-0.3, -0.25) is 9.78 Å². The summed E-state index contributed by atoms with van der Waals surface area (Å²) in [6.07, 6.45) is 6.23. The molecular weight excluding hydrogens is 344 g/mol. The van der Waals surface area contributed by atoms with Crippen LogP contribution in [0.4, 0.5) is 5.69 Å². The van der Waals surface area contributed by atoms with Crippen LogP contribution in [-0.4, -0.2) is 10.9 Å². The molecule has 0 saturated carbocycles. The zero-order chi connectivity index (χ0) is 18.9. The van der Waals surface area contributed by atoms with Crippen LogP contribution in [0.5, 0.6) is 0 Å². The monoisotopic (exact) mass is 364 g/mol. The first kappa shape index (κ1) is 16.7. The van der Waals surface area contributed by atoms with Crippen LogP contribution < -0.4 is 5.32 Å². The lowest BCUT2D eigenvalue weighted by molar-refractivity contribution is -0.115. The van der Waals surface area contributed by atoms with Gasteiger partial charge in [-0.1, -0.05) is 48.5 Å². The average Bonchev–Trinajstić information content (AvgIpc) is 3.11. The van der Waals surface area contributed by atoms with E-state index in [9.17, 15) is 4.79 Å². The summed E-state index contributed by atoms with van der Waals surface area (Å²) in [5.41, 5.74) is 6.75. The molecule has 1 aliphatic rings. The normalized spacial score (nSPS) is 12.8. The number of rotatable bonds is 4. The second-order valence-electron chi connectivity index (χ2n) is 7.36. The number of aryl methyl sites for hydroxylation is 2. The highest BCUT2D eigenvalue weighted by Gasteiger charge is 2.17. The Kier molecular flexibility index (Phi) is 4.13. The van der Waals surface area contributed by atoms with E-state index in [1.54, 1.807) is 0 Å². The Morgan fingerprint density at radius 2 is 1.64 bits per heavy atom. The Morgan fingerprint density at radius 1 is 0.786 bits per heavy atom. The van der Waals surface area contributed by atoms with Crippen molar-refractivity contribution in [3.05, 3.63) is 95.8 Å². The van der Waals surface area contributed by atoms with Gasteiger partial charge in [0.15, 0.2) is 0 Å². The lowest BCUT2D eigenvalue weighted by Crippen LogP contribution is -2.03. The number of fused-ring (bicyclic) bond motifs is 2. The van der Waals surface area contributed by atoms with E-state index >= 15 is 0 Å². The first-order valence-electron chi connectivity index (χ1n) is 9.59. The molecule has 0 bridgehead atoms. The third-order valence-electron chi connectivity index (χ3n) is 5.37.